The Morgan fingerprint density at radius 3 is 2.31 bits per heavy atom. The van der Waals surface area contributed by atoms with E-state index in [4.69, 9.17) is 5.14 Å². The number of sulfonamides is 2. The number of benzene rings is 1. The summed E-state index contributed by atoms with van der Waals surface area (Å²) < 4.78 is 49.0. The summed E-state index contributed by atoms with van der Waals surface area (Å²) in [5, 5.41) is 7.57. The average Bonchev–Trinajstić information content (AvgIpc) is 3.02. The van der Waals surface area contributed by atoms with Gasteiger partial charge in [-0.3, -0.25) is 4.79 Å². The van der Waals surface area contributed by atoms with E-state index in [0.29, 0.717) is 4.88 Å². The molecule has 0 radical (unpaired) electrons. The molecule has 0 aliphatic rings. The first-order valence-corrected chi connectivity index (χ1v) is 11.7. The van der Waals surface area contributed by atoms with Crippen LogP contribution in [0.4, 0.5) is 0 Å². The van der Waals surface area contributed by atoms with Crippen molar-refractivity contribution in [3.8, 4) is 0 Å². The van der Waals surface area contributed by atoms with Gasteiger partial charge in [-0.05, 0) is 36.4 Å². The standard InChI is InChI=1S/C14H16BrN3O5S3/c1-18(26(22,23)12-5-2-10(15)3-6-12)9-13(19)17-8-11-4-7-14(24-11)25(16,20)21/h2-7H,8-9H2,1H3,(H,17,19)(H2,16,20,21). The van der Waals surface area contributed by atoms with E-state index < -0.39 is 26.0 Å². The van der Waals surface area contributed by atoms with Crippen molar-refractivity contribution in [3.63, 3.8) is 0 Å². The lowest BCUT2D eigenvalue weighted by Gasteiger charge is -2.16. The molecular formula is C14H16BrN3O5S3. The number of primary sulfonamides is 1. The number of carbonyl (C=O) groups excluding carboxylic acids is 1. The molecular weight excluding hydrogens is 466 g/mol. The Hall–Kier alpha value is -1.31. The minimum atomic E-state index is -3.79. The molecule has 1 aromatic heterocycles. The van der Waals surface area contributed by atoms with Gasteiger partial charge in [0.25, 0.3) is 0 Å². The number of halogens is 1. The van der Waals surface area contributed by atoms with Gasteiger partial charge in [-0.2, -0.15) is 4.31 Å². The van der Waals surface area contributed by atoms with Crippen LogP contribution in [0.2, 0.25) is 0 Å². The zero-order chi connectivity index (χ0) is 19.5. The molecule has 1 amide bonds. The number of carbonyl (C=O) groups is 1. The molecule has 2 aromatic rings. The molecule has 1 heterocycles. The number of likely N-dealkylation sites (N-methyl/N-ethyl adjacent to an activating group) is 1. The van der Waals surface area contributed by atoms with Crippen LogP contribution in [0.5, 0.6) is 0 Å². The van der Waals surface area contributed by atoms with Crippen molar-refractivity contribution in [2.45, 2.75) is 15.6 Å². The van der Waals surface area contributed by atoms with Crippen LogP contribution in [0, 0.1) is 0 Å². The fourth-order valence-electron chi connectivity index (χ4n) is 1.92. The van der Waals surface area contributed by atoms with Crippen molar-refractivity contribution in [1.29, 1.82) is 0 Å². The summed E-state index contributed by atoms with van der Waals surface area (Å²) in [6.07, 6.45) is 0. The smallest absolute Gasteiger partial charge is 0.247 e. The van der Waals surface area contributed by atoms with E-state index in [9.17, 15) is 21.6 Å². The molecule has 0 spiro atoms. The zero-order valence-corrected chi connectivity index (χ0v) is 17.6. The molecule has 142 valence electrons. The Kier molecular flexibility index (Phi) is 6.58. The fraction of sp³-hybridized carbons (Fsp3) is 0.214. The molecule has 12 heteroatoms. The minimum absolute atomic E-state index is 0.00307. The average molecular weight is 482 g/mol. The summed E-state index contributed by atoms with van der Waals surface area (Å²) in [6, 6.07) is 8.96. The second-order valence-corrected chi connectivity index (χ2v) is 11.2. The Morgan fingerprint density at radius 1 is 1.15 bits per heavy atom. The second-order valence-electron chi connectivity index (χ2n) is 5.26. The van der Waals surface area contributed by atoms with Crippen LogP contribution < -0.4 is 10.5 Å². The Labute approximate surface area is 164 Å². The lowest BCUT2D eigenvalue weighted by Crippen LogP contribution is -2.38. The largest absolute Gasteiger partial charge is 0.350 e. The first-order valence-electron chi connectivity index (χ1n) is 7.10. The fourth-order valence-corrected chi connectivity index (χ4v) is 5.03. The Morgan fingerprint density at radius 2 is 1.77 bits per heavy atom. The molecule has 2 rings (SSSR count). The lowest BCUT2D eigenvalue weighted by atomic mass is 10.4. The van der Waals surface area contributed by atoms with Crippen molar-refractivity contribution in [3.05, 3.63) is 45.7 Å². The summed E-state index contributed by atoms with van der Waals surface area (Å²) in [7, 11) is -6.26. The highest BCUT2D eigenvalue weighted by Gasteiger charge is 2.23. The predicted molar refractivity (Wildman–Crippen MR) is 101 cm³/mol. The molecule has 0 atom stereocenters. The van der Waals surface area contributed by atoms with E-state index in [1.165, 1.54) is 31.3 Å². The molecule has 0 unspecified atom stereocenters. The van der Waals surface area contributed by atoms with Crippen LogP contribution in [-0.2, 0) is 31.4 Å². The van der Waals surface area contributed by atoms with Gasteiger partial charge in [0.15, 0.2) is 0 Å². The maximum Gasteiger partial charge on any atom is 0.247 e. The van der Waals surface area contributed by atoms with Gasteiger partial charge in [-0.1, -0.05) is 15.9 Å². The lowest BCUT2D eigenvalue weighted by molar-refractivity contribution is -0.121. The highest BCUT2D eigenvalue weighted by atomic mass is 79.9. The monoisotopic (exact) mass is 481 g/mol. The number of nitrogens with zero attached hydrogens (tertiary/aromatic N) is 1. The van der Waals surface area contributed by atoms with Gasteiger partial charge in [-0.25, -0.2) is 22.0 Å². The molecule has 8 nitrogen and oxygen atoms in total. The Balaban J connectivity index is 1.96. The van der Waals surface area contributed by atoms with Gasteiger partial charge in [0.2, 0.25) is 26.0 Å². The molecule has 0 aliphatic heterocycles. The number of hydrogen-bond donors (Lipinski definition) is 2. The third kappa shape index (κ3) is 5.34. The van der Waals surface area contributed by atoms with Gasteiger partial charge < -0.3 is 5.32 Å². The molecule has 0 fully saturated rings. The summed E-state index contributed by atoms with van der Waals surface area (Å²) in [5.41, 5.74) is 0. The number of rotatable bonds is 7. The highest BCUT2D eigenvalue weighted by Crippen LogP contribution is 2.20. The van der Waals surface area contributed by atoms with E-state index in [-0.39, 0.29) is 22.2 Å². The second kappa shape index (κ2) is 8.15. The molecule has 3 N–H and O–H groups in total. The van der Waals surface area contributed by atoms with E-state index in [1.54, 1.807) is 12.1 Å². The number of thiophene rings is 1. The van der Waals surface area contributed by atoms with Crippen LogP contribution in [-0.4, -0.2) is 40.6 Å². The van der Waals surface area contributed by atoms with Crippen molar-refractivity contribution in [2.75, 3.05) is 13.6 Å². The van der Waals surface area contributed by atoms with Crippen molar-refractivity contribution in [1.82, 2.24) is 9.62 Å². The van der Waals surface area contributed by atoms with Crippen molar-refractivity contribution >= 4 is 53.2 Å². The van der Waals surface area contributed by atoms with Crippen LogP contribution in [0.15, 0.2) is 50.0 Å². The normalized spacial score (nSPS) is 12.3. The van der Waals surface area contributed by atoms with Crippen molar-refractivity contribution in [2.24, 2.45) is 5.14 Å². The van der Waals surface area contributed by atoms with Crippen LogP contribution in [0.1, 0.15) is 4.88 Å². The van der Waals surface area contributed by atoms with E-state index in [0.717, 1.165) is 20.1 Å². The zero-order valence-electron chi connectivity index (χ0n) is 13.5. The molecule has 0 saturated carbocycles. The first kappa shape index (κ1) is 21.0. The molecule has 0 bridgehead atoms. The van der Waals surface area contributed by atoms with Gasteiger partial charge in [0, 0.05) is 16.4 Å². The van der Waals surface area contributed by atoms with Gasteiger partial charge in [-0.15, -0.1) is 11.3 Å². The number of amides is 1. The summed E-state index contributed by atoms with van der Waals surface area (Å²) >= 11 is 4.17. The number of hydrogen-bond acceptors (Lipinski definition) is 6. The third-order valence-corrected chi connectivity index (χ3v) is 8.14. The van der Waals surface area contributed by atoms with Gasteiger partial charge in [0.1, 0.15) is 4.21 Å². The Bertz CT molecular complexity index is 1000. The van der Waals surface area contributed by atoms with Gasteiger partial charge >= 0.3 is 0 Å². The first-order chi connectivity index (χ1) is 12.0. The summed E-state index contributed by atoms with van der Waals surface area (Å²) in [6.45, 7) is -0.295. The number of nitrogens with two attached hydrogens (primary N) is 1. The maximum atomic E-state index is 12.4. The molecule has 26 heavy (non-hydrogen) atoms. The molecule has 1 aromatic carbocycles. The van der Waals surface area contributed by atoms with E-state index in [2.05, 4.69) is 21.2 Å². The van der Waals surface area contributed by atoms with Crippen LogP contribution in [0.25, 0.3) is 0 Å². The van der Waals surface area contributed by atoms with Crippen LogP contribution >= 0.6 is 27.3 Å². The number of nitrogens with one attached hydrogen (secondary N) is 1. The molecule has 0 aliphatic carbocycles. The molecule has 0 saturated heterocycles. The maximum absolute atomic E-state index is 12.4. The van der Waals surface area contributed by atoms with Gasteiger partial charge in [0.05, 0.1) is 18.0 Å². The quantitative estimate of drug-likeness (QED) is 0.611. The van der Waals surface area contributed by atoms with Crippen LogP contribution in [0.3, 0.4) is 0 Å². The topological polar surface area (TPSA) is 127 Å². The predicted octanol–water partition coefficient (Wildman–Crippen LogP) is 1.09. The SMILES string of the molecule is CN(CC(=O)NCc1ccc(S(N)(=O)=O)s1)S(=O)(=O)c1ccc(Br)cc1. The summed E-state index contributed by atoms with van der Waals surface area (Å²) in [4.78, 5) is 12.7. The highest BCUT2D eigenvalue weighted by molar-refractivity contribution is 9.10. The van der Waals surface area contributed by atoms with E-state index >= 15 is 0 Å². The third-order valence-electron chi connectivity index (χ3n) is 3.27. The van der Waals surface area contributed by atoms with Crippen molar-refractivity contribution < 1.29 is 21.6 Å². The van der Waals surface area contributed by atoms with E-state index in [1.807, 2.05) is 0 Å². The summed E-state index contributed by atoms with van der Waals surface area (Å²) in [5.74, 6) is -0.515. The minimum Gasteiger partial charge on any atom is -0.350 e.